The molecular weight excluding hydrogens is 304 g/mol. The third kappa shape index (κ3) is 2.41. The maximum absolute atomic E-state index is 9.72. The summed E-state index contributed by atoms with van der Waals surface area (Å²) in [5.41, 5.74) is 0. The van der Waals surface area contributed by atoms with Gasteiger partial charge in [-0.2, -0.15) is 0 Å². The lowest BCUT2D eigenvalue weighted by Crippen LogP contribution is -2.42. The largest absolute Gasteiger partial charge is 0.508 e. The fraction of sp³-hybridized carbons (Fsp3) is 0.400. The van der Waals surface area contributed by atoms with Crippen molar-refractivity contribution < 1.29 is 5.11 Å². The number of halogens is 1. The third-order valence-electron chi connectivity index (χ3n) is 3.84. The van der Waals surface area contributed by atoms with Crippen molar-refractivity contribution >= 4 is 32.5 Å². The molecule has 1 saturated carbocycles. The van der Waals surface area contributed by atoms with E-state index in [1.54, 1.807) is 6.07 Å². The molecule has 1 aliphatic rings. The molecular formula is C15H17BrN2O. The normalized spacial score (nSPS) is 15.4. The molecule has 3 nitrogen and oxygen atoms in total. The standard InChI is InChI=1S/C15H17BrN2O/c16-7-9-18(12-2-1-3-12)15-14-10-13(19)5-4-11(14)6-8-17-15/h4-6,8,10,12,19H,1-3,7,9H2. The van der Waals surface area contributed by atoms with E-state index in [4.69, 9.17) is 0 Å². The second-order valence-corrected chi connectivity index (χ2v) is 5.80. The SMILES string of the molecule is Oc1ccc2ccnc(N(CCBr)C3CCC3)c2c1. The molecule has 3 rings (SSSR count). The highest BCUT2D eigenvalue weighted by molar-refractivity contribution is 9.09. The van der Waals surface area contributed by atoms with E-state index >= 15 is 0 Å². The molecule has 1 fully saturated rings. The zero-order valence-electron chi connectivity index (χ0n) is 10.7. The number of pyridine rings is 1. The Bertz CT molecular complexity index is 583. The van der Waals surface area contributed by atoms with Gasteiger partial charge in [0.05, 0.1) is 0 Å². The topological polar surface area (TPSA) is 36.4 Å². The van der Waals surface area contributed by atoms with Crippen molar-refractivity contribution in [2.75, 3.05) is 16.8 Å². The summed E-state index contributed by atoms with van der Waals surface area (Å²) in [4.78, 5) is 6.94. The predicted molar refractivity (Wildman–Crippen MR) is 82.2 cm³/mol. The maximum Gasteiger partial charge on any atom is 0.136 e. The van der Waals surface area contributed by atoms with Crippen LogP contribution >= 0.6 is 15.9 Å². The Kier molecular flexibility index (Phi) is 3.60. The molecule has 0 spiro atoms. The molecule has 1 aliphatic carbocycles. The zero-order chi connectivity index (χ0) is 13.2. The lowest BCUT2D eigenvalue weighted by atomic mass is 9.91. The van der Waals surface area contributed by atoms with Gasteiger partial charge in [-0.3, -0.25) is 0 Å². The molecule has 0 amide bonds. The average molecular weight is 321 g/mol. The van der Waals surface area contributed by atoms with Crippen molar-refractivity contribution in [3.8, 4) is 5.75 Å². The van der Waals surface area contributed by atoms with Gasteiger partial charge < -0.3 is 10.0 Å². The predicted octanol–water partition coefficient (Wildman–Crippen LogP) is 3.69. The van der Waals surface area contributed by atoms with E-state index in [9.17, 15) is 5.11 Å². The Balaban J connectivity index is 2.08. The molecule has 1 aromatic heterocycles. The molecule has 0 atom stereocenters. The molecule has 1 N–H and O–H groups in total. The molecule has 0 bridgehead atoms. The first-order valence-electron chi connectivity index (χ1n) is 6.70. The van der Waals surface area contributed by atoms with Gasteiger partial charge in [0.1, 0.15) is 11.6 Å². The third-order valence-corrected chi connectivity index (χ3v) is 4.20. The smallest absolute Gasteiger partial charge is 0.136 e. The number of fused-ring (bicyclic) bond motifs is 1. The van der Waals surface area contributed by atoms with Gasteiger partial charge in [-0.25, -0.2) is 4.98 Å². The first kappa shape index (κ1) is 12.7. The van der Waals surface area contributed by atoms with Crippen LogP contribution in [-0.4, -0.2) is 28.0 Å². The van der Waals surface area contributed by atoms with Crippen LogP contribution in [0, 0.1) is 0 Å². The number of hydrogen-bond acceptors (Lipinski definition) is 3. The Labute approximate surface area is 121 Å². The van der Waals surface area contributed by atoms with Gasteiger partial charge in [-0.1, -0.05) is 22.0 Å². The summed E-state index contributed by atoms with van der Waals surface area (Å²) in [5, 5.41) is 12.8. The molecule has 2 aromatic rings. The van der Waals surface area contributed by atoms with Gasteiger partial charge in [0.2, 0.25) is 0 Å². The number of alkyl halides is 1. The van der Waals surface area contributed by atoms with E-state index in [0.29, 0.717) is 11.8 Å². The summed E-state index contributed by atoms with van der Waals surface area (Å²) in [6.45, 7) is 0.951. The number of nitrogens with zero attached hydrogens (tertiary/aromatic N) is 2. The lowest BCUT2D eigenvalue weighted by Gasteiger charge is -2.38. The van der Waals surface area contributed by atoms with Gasteiger partial charge >= 0.3 is 0 Å². The van der Waals surface area contributed by atoms with Gasteiger partial charge in [0.25, 0.3) is 0 Å². The number of aromatic nitrogens is 1. The van der Waals surface area contributed by atoms with Crippen molar-refractivity contribution in [1.82, 2.24) is 4.98 Å². The van der Waals surface area contributed by atoms with Crippen LogP contribution in [0.5, 0.6) is 5.75 Å². The monoisotopic (exact) mass is 320 g/mol. The molecule has 19 heavy (non-hydrogen) atoms. The molecule has 4 heteroatoms. The summed E-state index contributed by atoms with van der Waals surface area (Å²) in [5.74, 6) is 1.30. The molecule has 1 aromatic carbocycles. The average Bonchev–Trinajstić information content (AvgIpc) is 2.35. The Morgan fingerprint density at radius 2 is 2.16 bits per heavy atom. The number of aromatic hydroxyl groups is 1. The number of hydrogen-bond donors (Lipinski definition) is 1. The van der Waals surface area contributed by atoms with E-state index < -0.39 is 0 Å². The fourth-order valence-electron chi connectivity index (χ4n) is 2.62. The van der Waals surface area contributed by atoms with Crippen LogP contribution < -0.4 is 4.90 Å². The number of phenols is 1. The lowest BCUT2D eigenvalue weighted by molar-refractivity contribution is 0.390. The second-order valence-electron chi connectivity index (χ2n) is 5.01. The van der Waals surface area contributed by atoms with Crippen molar-refractivity contribution in [3.05, 3.63) is 30.5 Å². The van der Waals surface area contributed by atoms with Crippen molar-refractivity contribution in [2.45, 2.75) is 25.3 Å². The van der Waals surface area contributed by atoms with Crippen molar-refractivity contribution in [2.24, 2.45) is 0 Å². The first-order valence-corrected chi connectivity index (χ1v) is 7.82. The van der Waals surface area contributed by atoms with Gasteiger partial charge in [0.15, 0.2) is 0 Å². The molecule has 1 heterocycles. The summed E-state index contributed by atoms with van der Waals surface area (Å²) < 4.78 is 0. The second kappa shape index (κ2) is 5.37. The van der Waals surface area contributed by atoms with E-state index in [1.807, 2.05) is 24.4 Å². The number of anilines is 1. The molecule has 0 saturated heterocycles. The van der Waals surface area contributed by atoms with Crippen LogP contribution in [0.3, 0.4) is 0 Å². The molecule has 0 unspecified atom stereocenters. The number of benzene rings is 1. The molecule has 100 valence electrons. The minimum Gasteiger partial charge on any atom is -0.508 e. The van der Waals surface area contributed by atoms with Gasteiger partial charge in [-0.15, -0.1) is 0 Å². The van der Waals surface area contributed by atoms with Crippen molar-refractivity contribution in [1.29, 1.82) is 0 Å². The quantitative estimate of drug-likeness (QED) is 0.873. The minimum absolute atomic E-state index is 0.300. The minimum atomic E-state index is 0.300. The first-order chi connectivity index (χ1) is 9.29. The highest BCUT2D eigenvalue weighted by Crippen LogP contribution is 2.33. The van der Waals surface area contributed by atoms with Crippen LogP contribution in [0.15, 0.2) is 30.5 Å². The molecule has 0 radical (unpaired) electrons. The summed E-state index contributed by atoms with van der Waals surface area (Å²) in [7, 11) is 0. The Morgan fingerprint density at radius 1 is 1.32 bits per heavy atom. The fourth-order valence-corrected chi connectivity index (χ4v) is 3.00. The van der Waals surface area contributed by atoms with Crippen LogP contribution in [-0.2, 0) is 0 Å². The Morgan fingerprint density at radius 3 is 2.84 bits per heavy atom. The number of rotatable bonds is 4. The summed E-state index contributed by atoms with van der Waals surface area (Å²) in [6.07, 6.45) is 5.64. The van der Waals surface area contributed by atoms with Crippen LogP contribution in [0.25, 0.3) is 10.8 Å². The highest BCUT2D eigenvalue weighted by Gasteiger charge is 2.26. The summed E-state index contributed by atoms with van der Waals surface area (Å²) in [6, 6.07) is 8.08. The Hall–Kier alpha value is -1.29. The molecule has 0 aliphatic heterocycles. The number of phenolic OH excluding ortho intramolecular Hbond substituents is 1. The van der Waals surface area contributed by atoms with Crippen molar-refractivity contribution in [3.63, 3.8) is 0 Å². The van der Waals surface area contributed by atoms with Gasteiger partial charge in [-0.05, 0) is 42.8 Å². The van der Waals surface area contributed by atoms with E-state index in [2.05, 4.69) is 25.8 Å². The maximum atomic E-state index is 9.72. The van der Waals surface area contributed by atoms with Crippen LogP contribution in [0.4, 0.5) is 5.82 Å². The highest BCUT2D eigenvalue weighted by atomic mass is 79.9. The van der Waals surface area contributed by atoms with Crippen LogP contribution in [0.2, 0.25) is 0 Å². The van der Waals surface area contributed by atoms with Crippen LogP contribution in [0.1, 0.15) is 19.3 Å². The van der Waals surface area contributed by atoms with Gasteiger partial charge in [0, 0.05) is 29.5 Å². The summed E-state index contributed by atoms with van der Waals surface area (Å²) >= 11 is 3.53. The van der Waals surface area contributed by atoms with E-state index in [0.717, 1.165) is 28.5 Å². The zero-order valence-corrected chi connectivity index (χ0v) is 12.3. The van der Waals surface area contributed by atoms with E-state index in [1.165, 1.54) is 19.3 Å². The van der Waals surface area contributed by atoms with E-state index in [-0.39, 0.29) is 0 Å².